The zero-order valence-electron chi connectivity index (χ0n) is 15.6. The number of nitrogens with zero attached hydrogens (tertiary/aromatic N) is 3. The van der Waals surface area contributed by atoms with Crippen molar-refractivity contribution in [1.29, 1.82) is 0 Å². The molecule has 2 heterocycles. The van der Waals surface area contributed by atoms with Crippen molar-refractivity contribution in [2.45, 2.75) is 6.54 Å². The molecule has 0 bridgehead atoms. The van der Waals surface area contributed by atoms with Crippen LogP contribution in [0.3, 0.4) is 0 Å². The van der Waals surface area contributed by atoms with Gasteiger partial charge in [-0.2, -0.15) is 5.10 Å². The Hall–Kier alpha value is -4.21. The molecule has 0 radical (unpaired) electrons. The van der Waals surface area contributed by atoms with Crippen LogP contribution in [0.25, 0.3) is 11.3 Å². The highest BCUT2D eigenvalue weighted by atomic mass is 16.6. The summed E-state index contributed by atoms with van der Waals surface area (Å²) in [4.78, 5) is 35.0. The Labute approximate surface area is 169 Å². The van der Waals surface area contributed by atoms with E-state index in [1.54, 1.807) is 24.3 Å². The van der Waals surface area contributed by atoms with Gasteiger partial charge in [-0.3, -0.25) is 19.7 Å². The number of nitro groups is 1. The summed E-state index contributed by atoms with van der Waals surface area (Å²) in [6.45, 7) is 0.568. The van der Waals surface area contributed by atoms with E-state index in [4.69, 9.17) is 9.47 Å². The first-order valence-electron chi connectivity index (χ1n) is 9.02. The Kier molecular flexibility index (Phi) is 5.12. The first-order valence-corrected chi connectivity index (χ1v) is 9.02. The number of carbonyl (C=O) groups is 1. The number of nitro benzene ring substituents is 1. The smallest absolute Gasteiger partial charge is 0.270 e. The predicted molar refractivity (Wildman–Crippen MR) is 107 cm³/mol. The summed E-state index contributed by atoms with van der Waals surface area (Å²) in [7, 11) is 0. The number of carbonyl (C=O) groups excluding carboxylic acids is 1. The molecule has 0 fully saturated rings. The van der Waals surface area contributed by atoms with Crippen LogP contribution >= 0.6 is 0 Å². The number of benzene rings is 2. The lowest BCUT2D eigenvalue weighted by Gasteiger charge is -2.19. The van der Waals surface area contributed by atoms with E-state index in [1.165, 1.54) is 30.3 Å². The zero-order chi connectivity index (χ0) is 21.1. The quantitative estimate of drug-likeness (QED) is 0.507. The van der Waals surface area contributed by atoms with Crippen molar-refractivity contribution in [3.63, 3.8) is 0 Å². The second-order valence-electron chi connectivity index (χ2n) is 6.43. The second kappa shape index (κ2) is 8.03. The molecular weight excluding hydrogens is 392 g/mol. The maximum absolute atomic E-state index is 12.4. The van der Waals surface area contributed by atoms with Crippen LogP contribution in [0.2, 0.25) is 0 Å². The molecule has 1 aromatic heterocycles. The standard InChI is InChI=1S/C20H16N4O6/c25-19(21-14-4-6-17-18(11-14)30-9-8-29-17)12-23-20(26)7-5-16(22-23)13-2-1-3-15(10-13)24(27)28/h1-7,10-11H,8-9,12H2,(H,21,25). The number of hydrogen-bond donors (Lipinski definition) is 1. The molecule has 1 amide bonds. The van der Waals surface area contributed by atoms with Crippen LogP contribution in [0.5, 0.6) is 11.5 Å². The van der Waals surface area contributed by atoms with Gasteiger partial charge in [0, 0.05) is 35.5 Å². The second-order valence-corrected chi connectivity index (χ2v) is 6.43. The van der Waals surface area contributed by atoms with E-state index in [0.717, 1.165) is 4.68 Å². The number of hydrogen-bond acceptors (Lipinski definition) is 7. The molecule has 0 saturated heterocycles. The van der Waals surface area contributed by atoms with Crippen LogP contribution in [0.4, 0.5) is 11.4 Å². The van der Waals surface area contributed by atoms with Crippen molar-refractivity contribution in [2.75, 3.05) is 18.5 Å². The minimum absolute atomic E-state index is 0.0941. The summed E-state index contributed by atoms with van der Waals surface area (Å²) in [6, 6.07) is 13.6. The van der Waals surface area contributed by atoms with Gasteiger partial charge in [0.25, 0.3) is 11.2 Å². The lowest BCUT2D eigenvalue weighted by Crippen LogP contribution is -2.29. The van der Waals surface area contributed by atoms with Crippen LogP contribution in [-0.2, 0) is 11.3 Å². The summed E-state index contributed by atoms with van der Waals surface area (Å²) in [5.41, 5.74) is 0.729. The molecule has 0 spiro atoms. The number of aromatic nitrogens is 2. The number of anilines is 1. The van der Waals surface area contributed by atoms with Gasteiger partial charge in [0.1, 0.15) is 19.8 Å². The van der Waals surface area contributed by atoms with Crippen molar-refractivity contribution in [3.8, 4) is 22.8 Å². The van der Waals surface area contributed by atoms with Gasteiger partial charge < -0.3 is 14.8 Å². The van der Waals surface area contributed by atoms with Crippen molar-refractivity contribution in [1.82, 2.24) is 9.78 Å². The van der Waals surface area contributed by atoms with E-state index < -0.39 is 16.4 Å². The third-order valence-electron chi connectivity index (χ3n) is 4.34. The van der Waals surface area contributed by atoms with Crippen molar-refractivity contribution in [3.05, 3.63) is 75.1 Å². The Morgan fingerprint density at radius 1 is 1.10 bits per heavy atom. The van der Waals surface area contributed by atoms with Crippen LogP contribution in [0.15, 0.2) is 59.4 Å². The van der Waals surface area contributed by atoms with Gasteiger partial charge in [-0.1, -0.05) is 12.1 Å². The highest BCUT2D eigenvalue weighted by molar-refractivity contribution is 5.90. The first kappa shape index (κ1) is 19.1. The minimum atomic E-state index is -0.514. The summed E-state index contributed by atoms with van der Waals surface area (Å²) < 4.78 is 11.9. The highest BCUT2D eigenvalue weighted by Crippen LogP contribution is 2.32. The zero-order valence-corrected chi connectivity index (χ0v) is 15.6. The van der Waals surface area contributed by atoms with Gasteiger partial charge in [-0.25, -0.2) is 4.68 Å². The van der Waals surface area contributed by atoms with E-state index >= 15 is 0 Å². The van der Waals surface area contributed by atoms with E-state index in [1.807, 2.05) is 0 Å². The number of non-ortho nitro benzene ring substituents is 1. The molecule has 10 nitrogen and oxygen atoms in total. The fourth-order valence-corrected chi connectivity index (χ4v) is 2.95. The van der Waals surface area contributed by atoms with E-state index in [0.29, 0.717) is 41.7 Å². The summed E-state index contributed by atoms with van der Waals surface area (Å²) in [5, 5.41) is 17.8. The van der Waals surface area contributed by atoms with Gasteiger partial charge in [0.05, 0.1) is 10.6 Å². The Morgan fingerprint density at radius 3 is 2.70 bits per heavy atom. The van der Waals surface area contributed by atoms with Crippen LogP contribution in [-0.4, -0.2) is 33.8 Å². The lowest BCUT2D eigenvalue weighted by atomic mass is 10.1. The topological polar surface area (TPSA) is 126 Å². The van der Waals surface area contributed by atoms with Crippen LogP contribution in [0.1, 0.15) is 0 Å². The molecule has 0 aliphatic carbocycles. The number of amides is 1. The summed E-state index contributed by atoms with van der Waals surface area (Å²) in [5.74, 6) is 0.668. The van der Waals surface area contributed by atoms with Crippen molar-refractivity contribution >= 4 is 17.3 Å². The van der Waals surface area contributed by atoms with Crippen LogP contribution < -0.4 is 20.3 Å². The highest BCUT2D eigenvalue weighted by Gasteiger charge is 2.14. The molecular formula is C20H16N4O6. The fourth-order valence-electron chi connectivity index (χ4n) is 2.95. The fraction of sp³-hybridized carbons (Fsp3) is 0.150. The molecule has 4 rings (SSSR count). The minimum Gasteiger partial charge on any atom is -0.486 e. The normalized spacial score (nSPS) is 12.3. The van der Waals surface area contributed by atoms with Gasteiger partial charge in [-0.05, 0) is 18.2 Å². The molecule has 0 atom stereocenters. The average molecular weight is 408 g/mol. The molecule has 0 unspecified atom stereocenters. The molecule has 152 valence electrons. The maximum Gasteiger partial charge on any atom is 0.270 e. The Balaban J connectivity index is 1.52. The Bertz CT molecular complexity index is 1190. The van der Waals surface area contributed by atoms with E-state index in [9.17, 15) is 19.7 Å². The monoisotopic (exact) mass is 408 g/mol. The molecule has 30 heavy (non-hydrogen) atoms. The third kappa shape index (κ3) is 4.12. The number of ether oxygens (including phenoxy) is 2. The lowest BCUT2D eigenvalue weighted by molar-refractivity contribution is -0.384. The predicted octanol–water partition coefficient (Wildman–Crippen LogP) is 2.23. The van der Waals surface area contributed by atoms with Gasteiger partial charge in [0.2, 0.25) is 5.91 Å². The molecule has 1 aliphatic heterocycles. The summed E-state index contributed by atoms with van der Waals surface area (Å²) >= 11 is 0. The van der Waals surface area contributed by atoms with E-state index in [-0.39, 0.29) is 12.2 Å². The van der Waals surface area contributed by atoms with Gasteiger partial charge in [0.15, 0.2) is 11.5 Å². The van der Waals surface area contributed by atoms with E-state index in [2.05, 4.69) is 10.4 Å². The summed E-state index contributed by atoms with van der Waals surface area (Å²) in [6.07, 6.45) is 0. The third-order valence-corrected chi connectivity index (χ3v) is 4.34. The molecule has 2 aromatic carbocycles. The van der Waals surface area contributed by atoms with Crippen LogP contribution in [0, 0.1) is 10.1 Å². The number of fused-ring (bicyclic) bond motifs is 1. The van der Waals surface area contributed by atoms with Gasteiger partial charge >= 0.3 is 0 Å². The molecule has 0 saturated carbocycles. The number of rotatable bonds is 5. The molecule has 10 heteroatoms. The molecule has 1 aliphatic rings. The van der Waals surface area contributed by atoms with Gasteiger partial charge in [-0.15, -0.1) is 0 Å². The molecule has 1 N–H and O–H groups in total. The first-order chi connectivity index (χ1) is 14.5. The molecule has 3 aromatic rings. The SMILES string of the molecule is O=C(Cn1nc(-c2cccc([N+](=O)[O-])c2)ccc1=O)Nc1ccc2c(c1)OCCO2. The number of nitrogens with one attached hydrogen (secondary N) is 1. The Morgan fingerprint density at radius 2 is 1.90 bits per heavy atom. The average Bonchev–Trinajstić information content (AvgIpc) is 2.75. The van der Waals surface area contributed by atoms with Crippen molar-refractivity contribution in [2.24, 2.45) is 0 Å². The van der Waals surface area contributed by atoms with Crippen molar-refractivity contribution < 1.29 is 19.2 Å². The largest absolute Gasteiger partial charge is 0.486 e. The maximum atomic E-state index is 12.4.